The number of rotatable bonds is 4. The molecule has 1 aromatic rings. The zero-order valence-electron chi connectivity index (χ0n) is 10.1. The quantitative estimate of drug-likeness (QED) is 0.747. The fourth-order valence-corrected chi connectivity index (χ4v) is 1.96. The molecular weight excluding hydrogens is 234 g/mol. The van der Waals surface area contributed by atoms with Crippen molar-refractivity contribution in [1.29, 1.82) is 0 Å². The summed E-state index contributed by atoms with van der Waals surface area (Å²) in [6.45, 7) is 1.34. The smallest absolute Gasteiger partial charge is 0.339 e. The molecule has 1 aliphatic heterocycles. The molecule has 1 saturated heterocycles. The van der Waals surface area contributed by atoms with Gasteiger partial charge >= 0.3 is 5.97 Å². The van der Waals surface area contributed by atoms with E-state index in [9.17, 15) is 4.79 Å². The standard InChI is InChI=1S/C12H17N3O3/c13-8-5-10(12(16)17)11(14-6-8)15-7-9-3-1-2-4-18-9/h5-6,9H,1-4,7,13H2,(H,14,15)(H,16,17). The summed E-state index contributed by atoms with van der Waals surface area (Å²) in [6.07, 6.45) is 4.80. The van der Waals surface area contributed by atoms with Gasteiger partial charge in [-0.1, -0.05) is 0 Å². The highest BCUT2D eigenvalue weighted by Crippen LogP contribution is 2.17. The van der Waals surface area contributed by atoms with Gasteiger partial charge in [0.25, 0.3) is 0 Å². The Labute approximate surface area is 105 Å². The third kappa shape index (κ3) is 3.10. The lowest BCUT2D eigenvalue weighted by Crippen LogP contribution is -2.27. The van der Waals surface area contributed by atoms with Crippen molar-refractivity contribution < 1.29 is 14.6 Å². The molecule has 0 aromatic carbocycles. The van der Waals surface area contributed by atoms with Crippen molar-refractivity contribution in [2.24, 2.45) is 0 Å². The van der Waals surface area contributed by atoms with Crippen LogP contribution in [0.15, 0.2) is 12.3 Å². The summed E-state index contributed by atoms with van der Waals surface area (Å²) in [6, 6.07) is 1.40. The molecule has 1 aliphatic rings. The summed E-state index contributed by atoms with van der Waals surface area (Å²) >= 11 is 0. The molecule has 1 aromatic heterocycles. The molecule has 18 heavy (non-hydrogen) atoms. The molecule has 1 unspecified atom stereocenters. The average molecular weight is 251 g/mol. The van der Waals surface area contributed by atoms with Crippen LogP contribution in [0.5, 0.6) is 0 Å². The van der Waals surface area contributed by atoms with Gasteiger partial charge in [0.2, 0.25) is 0 Å². The van der Waals surface area contributed by atoms with Crippen LogP contribution in [0.25, 0.3) is 0 Å². The second-order valence-corrected chi connectivity index (χ2v) is 4.34. The van der Waals surface area contributed by atoms with Crippen LogP contribution in [-0.2, 0) is 4.74 Å². The molecule has 6 heteroatoms. The van der Waals surface area contributed by atoms with Crippen LogP contribution >= 0.6 is 0 Å². The lowest BCUT2D eigenvalue weighted by molar-refractivity contribution is 0.0247. The number of aromatic carboxylic acids is 1. The number of carbonyl (C=O) groups is 1. The normalized spacial score (nSPS) is 19.4. The minimum atomic E-state index is -1.04. The van der Waals surface area contributed by atoms with E-state index < -0.39 is 5.97 Å². The van der Waals surface area contributed by atoms with E-state index in [2.05, 4.69) is 10.3 Å². The van der Waals surface area contributed by atoms with Gasteiger partial charge in [-0.25, -0.2) is 9.78 Å². The Balaban J connectivity index is 2.01. The number of aromatic nitrogens is 1. The minimum Gasteiger partial charge on any atom is -0.478 e. The van der Waals surface area contributed by atoms with Crippen LogP contribution in [0.4, 0.5) is 11.5 Å². The largest absolute Gasteiger partial charge is 0.478 e. The SMILES string of the molecule is Nc1cnc(NCC2CCCCO2)c(C(=O)O)c1. The number of anilines is 2. The molecule has 2 heterocycles. The Hall–Kier alpha value is -1.82. The molecule has 6 nitrogen and oxygen atoms in total. The van der Waals surface area contributed by atoms with E-state index in [4.69, 9.17) is 15.6 Å². The number of hydrogen-bond donors (Lipinski definition) is 3. The molecule has 2 rings (SSSR count). The highest BCUT2D eigenvalue weighted by atomic mass is 16.5. The van der Waals surface area contributed by atoms with Gasteiger partial charge in [0.1, 0.15) is 11.4 Å². The molecule has 1 fully saturated rings. The van der Waals surface area contributed by atoms with Crippen molar-refractivity contribution in [2.75, 3.05) is 24.2 Å². The average Bonchev–Trinajstić information content (AvgIpc) is 2.38. The number of nitrogens with zero attached hydrogens (tertiary/aromatic N) is 1. The second-order valence-electron chi connectivity index (χ2n) is 4.34. The van der Waals surface area contributed by atoms with Crippen molar-refractivity contribution >= 4 is 17.5 Å². The fourth-order valence-electron chi connectivity index (χ4n) is 1.96. The van der Waals surface area contributed by atoms with Crippen molar-refractivity contribution in [3.05, 3.63) is 17.8 Å². The number of carboxylic acid groups (broad SMARTS) is 1. The number of hydrogen-bond acceptors (Lipinski definition) is 5. The van der Waals surface area contributed by atoms with Crippen LogP contribution in [-0.4, -0.2) is 35.3 Å². The molecule has 0 spiro atoms. The Kier molecular flexibility index (Phi) is 3.99. The maximum Gasteiger partial charge on any atom is 0.339 e. The van der Waals surface area contributed by atoms with Gasteiger partial charge in [-0.05, 0) is 25.3 Å². The van der Waals surface area contributed by atoms with Gasteiger partial charge in [0, 0.05) is 13.2 Å². The van der Waals surface area contributed by atoms with Crippen LogP contribution < -0.4 is 11.1 Å². The zero-order chi connectivity index (χ0) is 13.0. The van der Waals surface area contributed by atoms with Crippen LogP contribution in [0.2, 0.25) is 0 Å². The van der Waals surface area contributed by atoms with Crippen LogP contribution in [0.1, 0.15) is 29.6 Å². The lowest BCUT2D eigenvalue weighted by Gasteiger charge is -2.23. The topological polar surface area (TPSA) is 97.5 Å². The predicted molar refractivity (Wildman–Crippen MR) is 67.7 cm³/mol. The highest BCUT2D eigenvalue weighted by Gasteiger charge is 2.16. The first-order chi connectivity index (χ1) is 8.66. The molecule has 4 N–H and O–H groups in total. The molecule has 0 aliphatic carbocycles. The van der Waals surface area contributed by atoms with E-state index in [-0.39, 0.29) is 11.7 Å². The first kappa shape index (κ1) is 12.6. The van der Waals surface area contributed by atoms with Gasteiger partial charge in [0.15, 0.2) is 0 Å². The summed E-state index contributed by atoms with van der Waals surface area (Å²) in [5, 5.41) is 12.1. The van der Waals surface area contributed by atoms with Crippen molar-refractivity contribution in [1.82, 2.24) is 4.98 Å². The molecule has 1 atom stereocenters. The van der Waals surface area contributed by atoms with Crippen molar-refractivity contribution in [3.8, 4) is 0 Å². The fraction of sp³-hybridized carbons (Fsp3) is 0.500. The van der Waals surface area contributed by atoms with E-state index in [1.807, 2.05) is 0 Å². The molecule has 0 bridgehead atoms. The Morgan fingerprint density at radius 3 is 3.11 bits per heavy atom. The summed E-state index contributed by atoms with van der Waals surface area (Å²) in [5.74, 6) is -0.701. The Morgan fingerprint density at radius 2 is 2.44 bits per heavy atom. The second kappa shape index (κ2) is 5.68. The lowest BCUT2D eigenvalue weighted by atomic mass is 10.1. The van der Waals surface area contributed by atoms with E-state index in [0.29, 0.717) is 18.1 Å². The first-order valence-corrected chi connectivity index (χ1v) is 6.01. The van der Waals surface area contributed by atoms with Gasteiger partial charge in [-0.3, -0.25) is 0 Å². The van der Waals surface area contributed by atoms with Crippen LogP contribution in [0, 0.1) is 0 Å². The zero-order valence-corrected chi connectivity index (χ0v) is 10.1. The van der Waals surface area contributed by atoms with Gasteiger partial charge in [0.05, 0.1) is 18.0 Å². The Bertz CT molecular complexity index is 431. The van der Waals surface area contributed by atoms with Gasteiger partial charge < -0.3 is 20.9 Å². The van der Waals surface area contributed by atoms with E-state index in [1.54, 1.807) is 0 Å². The highest BCUT2D eigenvalue weighted by molar-refractivity contribution is 5.94. The number of ether oxygens (including phenoxy) is 1. The molecule has 98 valence electrons. The Morgan fingerprint density at radius 1 is 1.61 bits per heavy atom. The number of nitrogen functional groups attached to an aromatic ring is 1. The molecule has 0 saturated carbocycles. The maximum absolute atomic E-state index is 11.1. The van der Waals surface area contributed by atoms with Gasteiger partial charge in [-0.2, -0.15) is 0 Å². The maximum atomic E-state index is 11.1. The number of nitrogens with two attached hydrogens (primary N) is 1. The molecule has 0 amide bonds. The first-order valence-electron chi connectivity index (χ1n) is 6.01. The molecule has 0 radical (unpaired) electrons. The monoisotopic (exact) mass is 251 g/mol. The summed E-state index contributed by atoms with van der Waals surface area (Å²) in [5.41, 5.74) is 5.95. The van der Waals surface area contributed by atoms with E-state index in [0.717, 1.165) is 25.9 Å². The predicted octanol–water partition coefficient (Wildman–Crippen LogP) is 1.34. The number of pyridine rings is 1. The van der Waals surface area contributed by atoms with Crippen molar-refractivity contribution in [3.63, 3.8) is 0 Å². The third-order valence-electron chi connectivity index (χ3n) is 2.91. The summed E-state index contributed by atoms with van der Waals surface area (Å²) in [7, 11) is 0. The van der Waals surface area contributed by atoms with Crippen LogP contribution in [0.3, 0.4) is 0 Å². The minimum absolute atomic E-state index is 0.0887. The molecular formula is C12H17N3O3. The van der Waals surface area contributed by atoms with E-state index in [1.165, 1.54) is 12.3 Å². The summed E-state index contributed by atoms with van der Waals surface area (Å²) < 4.78 is 5.56. The van der Waals surface area contributed by atoms with Crippen molar-refractivity contribution in [2.45, 2.75) is 25.4 Å². The number of nitrogens with one attached hydrogen (secondary N) is 1. The van der Waals surface area contributed by atoms with Gasteiger partial charge in [-0.15, -0.1) is 0 Å². The van der Waals surface area contributed by atoms with E-state index >= 15 is 0 Å². The number of carboxylic acids is 1. The third-order valence-corrected chi connectivity index (χ3v) is 2.91. The summed E-state index contributed by atoms with van der Waals surface area (Å²) in [4.78, 5) is 15.1.